The number of hydrazone groups is 1. The molecular weight excluding hydrogens is 632 g/mol. The Hall–Kier alpha value is -4.45. The second-order valence-electron chi connectivity index (χ2n) is 12.1. The first kappa shape index (κ1) is 34.9. The van der Waals surface area contributed by atoms with Gasteiger partial charge in [0, 0.05) is 61.9 Å². The predicted octanol–water partition coefficient (Wildman–Crippen LogP) is -0.569. The summed E-state index contributed by atoms with van der Waals surface area (Å²) in [6.45, 7) is 1.99. The number of methoxy groups -OCH3 is 1. The molecule has 1 heterocycles. The maximum Gasteiger partial charge on any atom is 0.241 e. The number of hydrogen-bond donors (Lipinski definition) is 8. The number of ether oxygens (including phenoxy) is 3. The van der Waals surface area contributed by atoms with Gasteiger partial charge >= 0.3 is 0 Å². The number of ketones is 2. The van der Waals surface area contributed by atoms with Crippen LogP contribution in [-0.2, 0) is 25.5 Å². The molecule has 0 radical (unpaired) electrons. The van der Waals surface area contributed by atoms with Gasteiger partial charge in [-0.3, -0.25) is 19.2 Å². The molecule has 2 aliphatic carbocycles. The molecule has 2 amide bonds. The molecule has 1 fully saturated rings. The number of benzene rings is 2. The molecule has 5 rings (SSSR count). The van der Waals surface area contributed by atoms with Crippen molar-refractivity contribution < 1.29 is 58.9 Å². The molecule has 2 aromatic rings. The van der Waals surface area contributed by atoms with Crippen LogP contribution in [0.15, 0.2) is 23.3 Å². The van der Waals surface area contributed by atoms with E-state index in [2.05, 4.69) is 15.8 Å². The van der Waals surface area contributed by atoms with Gasteiger partial charge in [0.2, 0.25) is 17.6 Å². The highest BCUT2D eigenvalue weighted by atomic mass is 16.7. The summed E-state index contributed by atoms with van der Waals surface area (Å²) in [5, 5.41) is 62.4. The van der Waals surface area contributed by atoms with Crippen molar-refractivity contribution in [3.63, 3.8) is 0 Å². The summed E-state index contributed by atoms with van der Waals surface area (Å²) in [6, 6.07) is 3.58. The lowest BCUT2D eigenvalue weighted by Gasteiger charge is -2.43. The number of fused-ring (bicyclic) bond motifs is 3. The zero-order chi connectivity index (χ0) is 35.1. The molecule has 16 nitrogen and oxygen atoms in total. The predicted molar refractivity (Wildman–Crippen MR) is 166 cm³/mol. The molecule has 0 spiro atoms. The van der Waals surface area contributed by atoms with Crippen LogP contribution >= 0.6 is 0 Å². The van der Waals surface area contributed by atoms with Gasteiger partial charge in [0.1, 0.15) is 22.8 Å². The van der Waals surface area contributed by atoms with Crippen LogP contribution in [0.3, 0.4) is 0 Å². The molecule has 0 bridgehead atoms. The number of carbonyl (C=O) groups is 4. The van der Waals surface area contributed by atoms with E-state index in [-0.39, 0.29) is 59.0 Å². The van der Waals surface area contributed by atoms with Crippen LogP contribution in [0.1, 0.15) is 82.2 Å². The van der Waals surface area contributed by atoms with Crippen LogP contribution < -0.4 is 21.2 Å². The molecule has 1 saturated heterocycles. The van der Waals surface area contributed by atoms with E-state index in [9.17, 15) is 44.7 Å². The summed E-state index contributed by atoms with van der Waals surface area (Å²) in [7, 11) is 1.32. The second-order valence-corrected chi connectivity index (χ2v) is 12.1. The van der Waals surface area contributed by atoms with E-state index in [1.165, 1.54) is 32.2 Å². The fourth-order valence-corrected chi connectivity index (χ4v) is 6.43. The number of amides is 2. The lowest BCUT2D eigenvalue weighted by atomic mass is 9.71. The molecule has 0 aromatic heterocycles. The van der Waals surface area contributed by atoms with Crippen LogP contribution in [-0.4, -0.2) is 105 Å². The smallest absolute Gasteiger partial charge is 0.241 e. The number of hydrogen-bond acceptors (Lipinski definition) is 14. The van der Waals surface area contributed by atoms with Gasteiger partial charge in [0.15, 0.2) is 12.1 Å². The van der Waals surface area contributed by atoms with Crippen molar-refractivity contribution in [2.45, 2.75) is 75.8 Å². The van der Waals surface area contributed by atoms with E-state index in [1.807, 2.05) is 0 Å². The van der Waals surface area contributed by atoms with E-state index in [1.54, 1.807) is 6.92 Å². The Kier molecular flexibility index (Phi) is 9.87. The van der Waals surface area contributed by atoms with Crippen molar-refractivity contribution in [3.05, 3.63) is 51.6 Å². The van der Waals surface area contributed by atoms with Gasteiger partial charge in [-0.05, 0) is 13.0 Å². The molecule has 2 aromatic carbocycles. The average molecular weight is 671 g/mol. The number of carbonyl (C=O) groups excluding carboxylic acids is 4. The van der Waals surface area contributed by atoms with Crippen molar-refractivity contribution >= 4 is 29.1 Å². The average Bonchev–Trinajstić information content (AvgIpc) is 3.03. The second kappa shape index (κ2) is 13.6. The Morgan fingerprint density at radius 3 is 2.50 bits per heavy atom. The minimum Gasteiger partial charge on any atom is -0.507 e. The monoisotopic (exact) mass is 670 g/mol. The maximum absolute atomic E-state index is 13.9. The van der Waals surface area contributed by atoms with Crippen LogP contribution in [0.5, 0.6) is 17.2 Å². The van der Waals surface area contributed by atoms with Crippen molar-refractivity contribution in [2.24, 2.45) is 10.8 Å². The fourth-order valence-electron chi connectivity index (χ4n) is 6.43. The Morgan fingerprint density at radius 2 is 1.85 bits per heavy atom. The number of rotatable bonds is 9. The summed E-state index contributed by atoms with van der Waals surface area (Å²) in [6.07, 6.45) is -5.41. The molecule has 6 unspecified atom stereocenters. The Labute approximate surface area is 274 Å². The van der Waals surface area contributed by atoms with Gasteiger partial charge in [-0.15, -0.1) is 0 Å². The first-order valence-electron chi connectivity index (χ1n) is 15.3. The largest absolute Gasteiger partial charge is 0.507 e. The normalized spacial score (nSPS) is 26.6. The number of phenolic OH excluding ortho intramolecular Hbond substituents is 2. The van der Waals surface area contributed by atoms with E-state index in [0.29, 0.717) is 0 Å². The van der Waals surface area contributed by atoms with Gasteiger partial charge in [-0.2, -0.15) is 5.10 Å². The lowest BCUT2D eigenvalue weighted by molar-refractivity contribution is -0.245. The lowest BCUT2D eigenvalue weighted by Crippen LogP contribution is -2.53. The maximum atomic E-state index is 13.9. The van der Waals surface area contributed by atoms with Crippen LogP contribution in [0, 0.1) is 0 Å². The number of nitrogens with one attached hydrogen (secondary N) is 2. The molecular formula is C32H38N4O12. The van der Waals surface area contributed by atoms with Gasteiger partial charge < -0.3 is 50.8 Å². The molecule has 9 N–H and O–H groups in total. The molecule has 1 aliphatic heterocycles. The minimum absolute atomic E-state index is 0.00928. The van der Waals surface area contributed by atoms with Crippen LogP contribution in [0.2, 0.25) is 0 Å². The molecule has 16 heteroatoms. The van der Waals surface area contributed by atoms with Gasteiger partial charge in [-0.25, -0.2) is 5.43 Å². The number of aliphatic hydroxyl groups excluding tert-OH is 2. The van der Waals surface area contributed by atoms with E-state index in [4.69, 9.17) is 19.9 Å². The Morgan fingerprint density at radius 1 is 1.15 bits per heavy atom. The van der Waals surface area contributed by atoms with Crippen molar-refractivity contribution in [1.82, 2.24) is 10.7 Å². The summed E-state index contributed by atoms with van der Waals surface area (Å²) >= 11 is 0. The number of nitrogens with zero attached hydrogens (tertiary/aromatic N) is 1. The highest BCUT2D eigenvalue weighted by Gasteiger charge is 2.49. The fraction of sp³-hybridized carbons (Fsp3) is 0.469. The highest BCUT2D eigenvalue weighted by Crippen LogP contribution is 2.52. The molecule has 48 heavy (non-hydrogen) atoms. The van der Waals surface area contributed by atoms with Crippen LogP contribution in [0.25, 0.3) is 0 Å². The Bertz CT molecular complexity index is 1680. The quantitative estimate of drug-likeness (QED) is 0.0807. The van der Waals surface area contributed by atoms with Gasteiger partial charge in [0.25, 0.3) is 0 Å². The summed E-state index contributed by atoms with van der Waals surface area (Å²) in [4.78, 5) is 51.1. The summed E-state index contributed by atoms with van der Waals surface area (Å²) in [5.41, 5.74) is 4.35. The highest BCUT2D eigenvalue weighted by molar-refractivity contribution is 6.31. The first-order chi connectivity index (χ1) is 22.7. The summed E-state index contributed by atoms with van der Waals surface area (Å²) in [5.74, 6) is -3.88. The van der Waals surface area contributed by atoms with Crippen molar-refractivity contribution in [3.8, 4) is 17.2 Å². The van der Waals surface area contributed by atoms with Crippen molar-refractivity contribution in [2.75, 3.05) is 20.3 Å². The number of phenols is 2. The molecule has 3 aliphatic rings. The first-order valence-corrected chi connectivity index (χ1v) is 15.3. The topological polar surface area (TPSA) is 260 Å². The zero-order valence-corrected chi connectivity index (χ0v) is 26.5. The summed E-state index contributed by atoms with van der Waals surface area (Å²) < 4.78 is 17.3. The SMILES string of the molecule is COc1cccc2c1C(=O)c1c(O)c3c(c(O)c1C2=O)CC(O)(/C(CO)=N/NC(=O)CCNC(C)=O)CC3OC1CC(N)C(O)C(C)O1. The number of aliphatic hydroxyl groups is 3. The number of nitrogens with two attached hydrogens (primary N) is 1. The Balaban J connectivity index is 1.61. The van der Waals surface area contributed by atoms with E-state index < -0.39 is 95.8 Å². The van der Waals surface area contributed by atoms with Crippen LogP contribution in [0.4, 0.5) is 0 Å². The molecule has 0 saturated carbocycles. The third kappa shape index (κ3) is 6.25. The van der Waals surface area contributed by atoms with Gasteiger partial charge in [0.05, 0.1) is 54.4 Å². The molecule has 6 atom stereocenters. The minimum atomic E-state index is -2.15. The zero-order valence-electron chi connectivity index (χ0n) is 26.5. The van der Waals surface area contributed by atoms with Crippen molar-refractivity contribution in [1.29, 1.82) is 0 Å². The van der Waals surface area contributed by atoms with E-state index in [0.717, 1.165) is 0 Å². The van der Waals surface area contributed by atoms with Gasteiger partial charge in [-0.1, -0.05) is 12.1 Å². The third-order valence-corrected chi connectivity index (χ3v) is 8.87. The number of aromatic hydroxyl groups is 2. The standard InChI is InChI=1S/C32H38N4O12/c1-13-27(40)17(33)9-22(47-13)48-19-11-32(45,20(12-37)35-36-21(39)7-8-34-14(2)38)10-16-24(19)31(44)26-25(29(16)42)28(41)15-5-4-6-18(46-3)23(15)30(26)43/h4-6,13,17,19,22,27,37,40,42,44-45H,7-12,33H2,1-3H3,(H,34,38)(H,36,39)/b35-20+. The third-order valence-electron chi connectivity index (χ3n) is 8.87. The van der Waals surface area contributed by atoms with E-state index >= 15 is 0 Å². The molecule has 258 valence electrons.